The molecule has 100 valence electrons. The monoisotopic (exact) mass is 259 g/mol. The maximum atomic E-state index is 13.7. The van der Waals surface area contributed by atoms with Crippen molar-refractivity contribution in [3.63, 3.8) is 0 Å². The minimum absolute atomic E-state index is 0.112. The lowest BCUT2D eigenvalue weighted by molar-refractivity contribution is 0.245. The molecule has 2 aromatic rings. The quantitative estimate of drug-likeness (QED) is 0.845. The van der Waals surface area contributed by atoms with Crippen molar-refractivity contribution in [2.45, 2.75) is 25.4 Å². The fourth-order valence-electron chi connectivity index (χ4n) is 2.85. The normalized spacial score (nSPS) is 20.0. The standard InChI is InChI=1S/C15H18FN3/c1-18-10-13(9-17-18)15-7-4-8-19(15)11-12-5-2-3-6-14(12)16/h2-3,5-6,9-10,15H,4,7-8,11H2,1H3. The molecule has 0 amide bonds. The van der Waals surface area contributed by atoms with Crippen LogP contribution in [0.2, 0.25) is 0 Å². The average molecular weight is 259 g/mol. The fourth-order valence-corrected chi connectivity index (χ4v) is 2.85. The molecule has 2 heterocycles. The van der Waals surface area contributed by atoms with Crippen molar-refractivity contribution >= 4 is 0 Å². The Morgan fingerprint density at radius 2 is 2.21 bits per heavy atom. The van der Waals surface area contributed by atoms with Crippen molar-refractivity contribution in [2.24, 2.45) is 7.05 Å². The average Bonchev–Trinajstić information content (AvgIpc) is 3.01. The van der Waals surface area contributed by atoms with E-state index < -0.39 is 0 Å². The lowest BCUT2D eigenvalue weighted by Crippen LogP contribution is -2.23. The van der Waals surface area contributed by atoms with Gasteiger partial charge in [-0.1, -0.05) is 18.2 Å². The van der Waals surface area contributed by atoms with Crippen molar-refractivity contribution in [3.05, 3.63) is 53.6 Å². The van der Waals surface area contributed by atoms with Crippen molar-refractivity contribution < 1.29 is 4.39 Å². The molecule has 1 fully saturated rings. The Hall–Kier alpha value is -1.68. The minimum atomic E-state index is -0.112. The molecule has 1 aliphatic rings. The van der Waals surface area contributed by atoms with Gasteiger partial charge in [-0.2, -0.15) is 5.10 Å². The van der Waals surface area contributed by atoms with Gasteiger partial charge in [-0.15, -0.1) is 0 Å². The molecule has 0 aliphatic carbocycles. The first kappa shape index (κ1) is 12.4. The van der Waals surface area contributed by atoms with Crippen LogP contribution in [0.25, 0.3) is 0 Å². The fraction of sp³-hybridized carbons (Fsp3) is 0.400. The van der Waals surface area contributed by atoms with Gasteiger partial charge in [0.1, 0.15) is 5.82 Å². The molecule has 1 atom stereocenters. The molecule has 0 radical (unpaired) electrons. The molecule has 19 heavy (non-hydrogen) atoms. The number of nitrogens with zero attached hydrogens (tertiary/aromatic N) is 3. The highest BCUT2D eigenvalue weighted by Crippen LogP contribution is 2.33. The van der Waals surface area contributed by atoms with Crippen LogP contribution in [0.3, 0.4) is 0 Å². The summed E-state index contributed by atoms with van der Waals surface area (Å²) in [4.78, 5) is 2.34. The first-order chi connectivity index (χ1) is 9.24. The van der Waals surface area contributed by atoms with Gasteiger partial charge in [-0.3, -0.25) is 9.58 Å². The van der Waals surface area contributed by atoms with E-state index in [9.17, 15) is 4.39 Å². The molecule has 1 aromatic heterocycles. The van der Waals surface area contributed by atoms with Crippen LogP contribution < -0.4 is 0 Å². The van der Waals surface area contributed by atoms with Crippen LogP contribution in [-0.2, 0) is 13.6 Å². The Morgan fingerprint density at radius 3 is 2.95 bits per heavy atom. The zero-order valence-corrected chi connectivity index (χ0v) is 11.1. The summed E-state index contributed by atoms with van der Waals surface area (Å²) in [5, 5.41) is 4.24. The smallest absolute Gasteiger partial charge is 0.127 e. The molecule has 4 heteroatoms. The lowest BCUT2D eigenvalue weighted by atomic mass is 10.1. The highest BCUT2D eigenvalue weighted by molar-refractivity contribution is 5.19. The molecule has 0 spiro atoms. The molecule has 0 saturated carbocycles. The Labute approximate surface area is 112 Å². The summed E-state index contributed by atoms with van der Waals surface area (Å²) in [6.45, 7) is 1.69. The number of benzene rings is 1. The van der Waals surface area contributed by atoms with Crippen LogP contribution in [0.15, 0.2) is 36.7 Å². The van der Waals surface area contributed by atoms with Crippen LogP contribution in [0, 0.1) is 5.82 Å². The van der Waals surface area contributed by atoms with Gasteiger partial charge in [0.2, 0.25) is 0 Å². The lowest BCUT2D eigenvalue weighted by Gasteiger charge is -2.23. The van der Waals surface area contributed by atoms with E-state index in [2.05, 4.69) is 16.2 Å². The van der Waals surface area contributed by atoms with Crippen molar-refractivity contribution in [3.8, 4) is 0 Å². The van der Waals surface area contributed by atoms with Gasteiger partial charge >= 0.3 is 0 Å². The molecule has 1 aliphatic heterocycles. The van der Waals surface area contributed by atoms with Gasteiger partial charge in [-0.05, 0) is 25.5 Å². The highest BCUT2D eigenvalue weighted by Gasteiger charge is 2.27. The second-order valence-corrected chi connectivity index (χ2v) is 5.17. The number of hydrogen-bond acceptors (Lipinski definition) is 2. The zero-order chi connectivity index (χ0) is 13.2. The summed E-state index contributed by atoms with van der Waals surface area (Å²) in [5.74, 6) is -0.112. The SMILES string of the molecule is Cn1cc(C2CCCN2Cc2ccccc2F)cn1. The highest BCUT2D eigenvalue weighted by atomic mass is 19.1. The predicted octanol–water partition coefficient (Wildman–Crippen LogP) is 2.90. The Balaban J connectivity index is 1.79. The number of rotatable bonds is 3. The van der Waals surface area contributed by atoms with E-state index in [1.807, 2.05) is 30.1 Å². The maximum absolute atomic E-state index is 13.7. The zero-order valence-electron chi connectivity index (χ0n) is 11.1. The van der Waals surface area contributed by atoms with Crippen LogP contribution in [-0.4, -0.2) is 21.2 Å². The van der Waals surface area contributed by atoms with Crippen molar-refractivity contribution in [1.29, 1.82) is 0 Å². The number of halogens is 1. The van der Waals surface area contributed by atoms with Gasteiger partial charge in [-0.25, -0.2) is 4.39 Å². The molecule has 1 unspecified atom stereocenters. The van der Waals surface area contributed by atoms with Crippen LogP contribution in [0.1, 0.15) is 30.0 Å². The molecule has 1 saturated heterocycles. The van der Waals surface area contributed by atoms with Crippen LogP contribution in [0.5, 0.6) is 0 Å². The molecular formula is C15H18FN3. The van der Waals surface area contributed by atoms with E-state index in [0.717, 1.165) is 24.9 Å². The molecule has 1 aromatic carbocycles. The van der Waals surface area contributed by atoms with E-state index in [4.69, 9.17) is 0 Å². The Bertz CT molecular complexity index is 564. The van der Waals surface area contributed by atoms with E-state index in [1.54, 1.807) is 6.07 Å². The number of aryl methyl sites for hydroxylation is 1. The summed E-state index contributed by atoms with van der Waals surface area (Å²) >= 11 is 0. The van der Waals surface area contributed by atoms with Gasteiger partial charge in [0.15, 0.2) is 0 Å². The summed E-state index contributed by atoms with van der Waals surface area (Å²) in [5.41, 5.74) is 2.01. The Morgan fingerprint density at radius 1 is 1.37 bits per heavy atom. The topological polar surface area (TPSA) is 21.1 Å². The summed E-state index contributed by atoms with van der Waals surface area (Å²) in [6, 6.07) is 7.40. The minimum Gasteiger partial charge on any atom is -0.292 e. The van der Waals surface area contributed by atoms with E-state index in [1.165, 1.54) is 11.6 Å². The summed E-state index contributed by atoms with van der Waals surface area (Å²) in [6.07, 6.45) is 6.27. The second kappa shape index (κ2) is 5.13. The largest absolute Gasteiger partial charge is 0.292 e. The third-order valence-electron chi connectivity index (χ3n) is 3.80. The molecule has 3 nitrogen and oxygen atoms in total. The van der Waals surface area contributed by atoms with E-state index in [-0.39, 0.29) is 5.82 Å². The van der Waals surface area contributed by atoms with Crippen LogP contribution in [0.4, 0.5) is 4.39 Å². The van der Waals surface area contributed by atoms with Gasteiger partial charge in [0.05, 0.1) is 6.20 Å². The van der Waals surface area contributed by atoms with E-state index in [0.29, 0.717) is 12.6 Å². The maximum Gasteiger partial charge on any atom is 0.127 e. The summed E-state index contributed by atoms with van der Waals surface area (Å²) in [7, 11) is 1.93. The molecule has 0 N–H and O–H groups in total. The van der Waals surface area contributed by atoms with Crippen LogP contribution >= 0.6 is 0 Å². The third-order valence-corrected chi connectivity index (χ3v) is 3.80. The number of hydrogen-bond donors (Lipinski definition) is 0. The van der Waals surface area contributed by atoms with Gasteiger partial charge in [0, 0.05) is 37.0 Å². The number of aromatic nitrogens is 2. The predicted molar refractivity (Wildman–Crippen MR) is 72.0 cm³/mol. The first-order valence-corrected chi connectivity index (χ1v) is 6.70. The van der Waals surface area contributed by atoms with Gasteiger partial charge < -0.3 is 0 Å². The second-order valence-electron chi connectivity index (χ2n) is 5.17. The van der Waals surface area contributed by atoms with E-state index >= 15 is 0 Å². The Kier molecular flexibility index (Phi) is 3.34. The molecular weight excluding hydrogens is 241 g/mol. The first-order valence-electron chi connectivity index (χ1n) is 6.70. The van der Waals surface area contributed by atoms with Crippen molar-refractivity contribution in [1.82, 2.24) is 14.7 Å². The summed E-state index contributed by atoms with van der Waals surface area (Å²) < 4.78 is 15.6. The third kappa shape index (κ3) is 2.54. The molecule has 0 bridgehead atoms. The van der Waals surface area contributed by atoms with Crippen molar-refractivity contribution in [2.75, 3.05) is 6.54 Å². The molecule has 3 rings (SSSR count). The number of likely N-dealkylation sites (tertiary alicyclic amines) is 1. The van der Waals surface area contributed by atoms with Gasteiger partial charge in [0.25, 0.3) is 0 Å².